The zero-order chi connectivity index (χ0) is 11.5. The van der Waals surface area contributed by atoms with Gasteiger partial charge in [-0.05, 0) is 6.92 Å². The molecule has 1 aromatic heterocycles. The molecule has 16 heavy (non-hydrogen) atoms. The van der Waals surface area contributed by atoms with Crippen LogP contribution in [0.4, 0.5) is 5.82 Å². The van der Waals surface area contributed by atoms with E-state index in [-0.39, 0.29) is 0 Å². The van der Waals surface area contributed by atoms with Crippen LogP contribution in [-0.2, 0) is 0 Å². The summed E-state index contributed by atoms with van der Waals surface area (Å²) < 4.78 is 0. The third-order valence-corrected chi connectivity index (χ3v) is 2.99. The van der Waals surface area contributed by atoms with E-state index in [1.165, 1.54) is 10.8 Å². The largest absolute Gasteiger partial charge is 0.357 e. The van der Waals surface area contributed by atoms with E-state index in [1.807, 2.05) is 26.1 Å². The van der Waals surface area contributed by atoms with E-state index >= 15 is 0 Å². The summed E-state index contributed by atoms with van der Waals surface area (Å²) in [5.74, 6) is 0.945. The van der Waals surface area contributed by atoms with Gasteiger partial charge in [-0.3, -0.25) is 0 Å². The van der Waals surface area contributed by atoms with Gasteiger partial charge >= 0.3 is 0 Å². The number of hydrogen-bond acceptors (Lipinski definition) is 3. The van der Waals surface area contributed by atoms with Crippen molar-refractivity contribution in [2.75, 3.05) is 23.8 Å². The first kappa shape index (κ1) is 11.3. The highest BCUT2D eigenvalue weighted by Crippen LogP contribution is 2.24. The minimum atomic E-state index is 0.918. The third-order valence-electron chi connectivity index (χ3n) is 2.63. The van der Waals surface area contributed by atoms with E-state index in [4.69, 9.17) is 0 Å². The molecule has 0 unspecified atom stereocenters. The summed E-state index contributed by atoms with van der Waals surface area (Å²) in [6.45, 7) is 2.91. The summed E-state index contributed by atoms with van der Waals surface area (Å²) in [6.07, 6.45) is 0. The minimum Gasteiger partial charge on any atom is -0.357 e. The number of nitrogens with zero attached hydrogens (tertiary/aromatic N) is 3. The number of alkyl halides is 1. The van der Waals surface area contributed by atoms with Crippen LogP contribution in [0.15, 0.2) is 24.3 Å². The molecule has 0 amide bonds. The lowest BCUT2D eigenvalue weighted by atomic mass is 10.1. The second kappa shape index (κ2) is 4.78. The van der Waals surface area contributed by atoms with Crippen LogP contribution in [0.2, 0.25) is 0 Å². The Kier molecular flexibility index (Phi) is 3.39. The van der Waals surface area contributed by atoms with Gasteiger partial charge in [-0.25, -0.2) is 0 Å². The molecule has 84 valence electrons. The monoisotopic (exact) mass is 279 g/mol. The van der Waals surface area contributed by atoms with E-state index < -0.39 is 0 Å². The molecule has 3 nitrogen and oxygen atoms in total. The molecule has 0 N–H and O–H groups in total. The fourth-order valence-electron chi connectivity index (χ4n) is 1.74. The van der Waals surface area contributed by atoms with Gasteiger partial charge in [0.05, 0.1) is 5.69 Å². The Morgan fingerprint density at radius 1 is 1.19 bits per heavy atom. The molecule has 0 atom stereocenters. The molecule has 0 radical (unpaired) electrons. The Bertz CT molecular complexity index is 499. The first-order valence-electron chi connectivity index (χ1n) is 5.23. The van der Waals surface area contributed by atoms with Gasteiger partial charge in [-0.15, -0.1) is 5.10 Å². The molecule has 0 spiro atoms. The second-order valence-corrected chi connectivity index (χ2v) is 4.56. The van der Waals surface area contributed by atoms with Crippen LogP contribution in [0.1, 0.15) is 5.69 Å². The molecule has 0 aliphatic carbocycles. The Morgan fingerprint density at radius 2 is 1.88 bits per heavy atom. The summed E-state index contributed by atoms with van der Waals surface area (Å²) in [5.41, 5.74) is 0.978. The van der Waals surface area contributed by atoms with E-state index in [2.05, 4.69) is 43.2 Å². The highest BCUT2D eigenvalue weighted by atomic mass is 79.9. The molecular formula is C12H14BrN3. The Hall–Kier alpha value is -1.16. The third kappa shape index (κ3) is 2.02. The first-order valence-corrected chi connectivity index (χ1v) is 6.35. The average Bonchev–Trinajstić information content (AvgIpc) is 2.30. The molecule has 0 aliphatic heterocycles. The molecule has 0 bridgehead atoms. The van der Waals surface area contributed by atoms with Crippen molar-refractivity contribution in [3.8, 4) is 0 Å². The van der Waals surface area contributed by atoms with Gasteiger partial charge in [0.1, 0.15) is 0 Å². The predicted octanol–water partition coefficient (Wildman–Crippen LogP) is 2.77. The number of anilines is 1. The van der Waals surface area contributed by atoms with E-state index in [0.29, 0.717) is 0 Å². The maximum atomic E-state index is 4.28. The molecule has 0 aliphatic rings. The van der Waals surface area contributed by atoms with E-state index in [0.717, 1.165) is 23.4 Å². The summed E-state index contributed by atoms with van der Waals surface area (Å²) >= 11 is 3.44. The van der Waals surface area contributed by atoms with Crippen molar-refractivity contribution in [1.82, 2.24) is 10.2 Å². The van der Waals surface area contributed by atoms with E-state index in [1.54, 1.807) is 0 Å². The van der Waals surface area contributed by atoms with Crippen LogP contribution in [0.5, 0.6) is 0 Å². The molecule has 0 saturated heterocycles. The first-order chi connectivity index (χ1) is 7.74. The number of hydrogen-bond donors (Lipinski definition) is 0. The lowest BCUT2D eigenvalue weighted by Gasteiger charge is -2.18. The van der Waals surface area contributed by atoms with Crippen LogP contribution in [0.3, 0.4) is 0 Å². The van der Waals surface area contributed by atoms with Crippen molar-refractivity contribution in [2.45, 2.75) is 6.92 Å². The van der Waals surface area contributed by atoms with Gasteiger partial charge in [0.15, 0.2) is 5.82 Å². The van der Waals surface area contributed by atoms with Crippen LogP contribution in [-0.4, -0.2) is 29.1 Å². The van der Waals surface area contributed by atoms with Crippen molar-refractivity contribution < 1.29 is 0 Å². The number of aromatic nitrogens is 2. The summed E-state index contributed by atoms with van der Waals surface area (Å²) in [6, 6.07) is 8.25. The SMILES string of the molecule is Cc1nnc(N(C)CCBr)c2ccccc12. The smallest absolute Gasteiger partial charge is 0.158 e. The molecule has 0 saturated carbocycles. The Labute approximate surface area is 104 Å². The van der Waals surface area contributed by atoms with Crippen LogP contribution in [0, 0.1) is 6.92 Å². The Morgan fingerprint density at radius 3 is 2.56 bits per heavy atom. The van der Waals surface area contributed by atoms with Gasteiger partial charge in [0.2, 0.25) is 0 Å². The van der Waals surface area contributed by atoms with Crippen molar-refractivity contribution in [3.05, 3.63) is 30.0 Å². The predicted molar refractivity (Wildman–Crippen MR) is 71.3 cm³/mol. The lowest BCUT2D eigenvalue weighted by Crippen LogP contribution is -2.21. The fourth-order valence-corrected chi connectivity index (χ4v) is 2.27. The fraction of sp³-hybridized carbons (Fsp3) is 0.333. The maximum Gasteiger partial charge on any atom is 0.158 e. The van der Waals surface area contributed by atoms with Gasteiger partial charge in [0.25, 0.3) is 0 Å². The van der Waals surface area contributed by atoms with Crippen molar-refractivity contribution >= 4 is 32.5 Å². The minimum absolute atomic E-state index is 0.918. The topological polar surface area (TPSA) is 29.0 Å². The zero-order valence-electron chi connectivity index (χ0n) is 9.44. The van der Waals surface area contributed by atoms with Gasteiger partial charge in [-0.2, -0.15) is 5.10 Å². The number of fused-ring (bicyclic) bond motifs is 1. The maximum absolute atomic E-state index is 4.28. The van der Waals surface area contributed by atoms with Crippen LogP contribution < -0.4 is 4.90 Å². The Balaban J connectivity index is 2.58. The van der Waals surface area contributed by atoms with Crippen molar-refractivity contribution in [1.29, 1.82) is 0 Å². The van der Waals surface area contributed by atoms with Crippen LogP contribution >= 0.6 is 15.9 Å². The molecular weight excluding hydrogens is 266 g/mol. The van der Waals surface area contributed by atoms with Gasteiger partial charge in [0, 0.05) is 29.7 Å². The average molecular weight is 280 g/mol. The lowest BCUT2D eigenvalue weighted by molar-refractivity contribution is 0.903. The van der Waals surface area contributed by atoms with Crippen molar-refractivity contribution in [3.63, 3.8) is 0 Å². The highest BCUT2D eigenvalue weighted by Gasteiger charge is 2.09. The van der Waals surface area contributed by atoms with E-state index in [9.17, 15) is 0 Å². The standard InChI is InChI=1S/C12H14BrN3/c1-9-10-5-3-4-6-11(10)12(15-14-9)16(2)8-7-13/h3-6H,7-8H2,1-2H3. The normalized spacial score (nSPS) is 10.7. The molecule has 4 heteroatoms. The molecule has 2 rings (SSSR count). The van der Waals surface area contributed by atoms with Crippen LogP contribution in [0.25, 0.3) is 10.8 Å². The zero-order valence-corrected chi connectivity index (χ0v) is 11.0. The molecule has 1 heterocycles. The molecule has 2 aromatic rings. The quantitative estimate of drug-likeness (QED) is 0.809. The van der Waals surface area contributed by atoms with Gasteiger partial charge < -0.3 is 4.90 Å². The molecule has 0 fully saturated rings. The second-order valence-electron chi connectivity index (χ2n) is 3.77. The number of halogens is 1. The summed E-state index contributed by atoms with van der Waals surface area (Å²) in [7, 11) is 2.03. The summed E-state index contributed by atoms with van der Waals surface area (Å²) in [4.78, 5) is 2.11. The number of benzene rings is 1. The summed E-state index contributed by atoms with van der Waals surface area (Å²) in [5, 5.41) is 11.7. The van der Waals surface area contributed by atoms with Crippen molar-refractivity contribution in [2.24, 2.45) is 0 Å². The van der Waals surface area contributed by atoms with Gasteiger partial charge in [-0.1, -0.05) is 40.2 Å². The number of aryl methyl sites for hydroxylation is 1. The highest BCUT2D eigenvalue weighted by molar-refractivity contribution is 9.09. The number of rotatable bonds is 3. The molecule has 1 aromatic carbocycles.